The summed E-state index contributed by atoms with van der Waals surface area (Å²) in [4.78, 5) is 15.7. The lowest BCUT2D eigenvalue weighted by molar-refractivity contribution is -0.122. The van der Waals surface area contributed by atoms with E-state index in [-0.39, 0.29) is 11.8 Å². The van der Waals surface area contributed by atoms with E-state index in [4.69, 9.17) is 0 Å². The van der Waals surface area contributed by atoms with Crippen LogP contribution in [0.2, 0.25) is 0 Å². The molecule has 0 radical (unpaired) electrons. The minimum atomic E-state index is 0.176. The van der Waals surface area contributed by atoms with Gasteiger partial charge in [0.1, 0.15) is 0 Å². The largest absolute Gasteiger partial charge is 0.352 e. The molecule has 18 heavy (non-hydrogen) atoms. The molecule has 0 saturated heterocycles. The fourth-order valence-corrected chi connectivity index (χ4v) is 1.99. The number of carbonyl (C=O) groups excluding carboxylic acids is 1. The maximum Gasteiger partial charge on any atom is 0.223 e. The summed E-state index contributed by atoms with van der Waals surface area (Å²) in [5.74, 6) is 0.431. The van der Waals surface area contributed by atoms with Gasteiger partial charge in [-0.15, -0.1) is 0 Å². The van der Waals surface area contributed by atoms with Crippen molar-refractivity contribution in [3.8, 4) is 5.69 Å². The maximum absolute atomic E-state index is 11.6. The van der Waals surface area contributed by atoms with Crippen LogP contribution in [-0.4, -0.2) is 15.5 Å². The van der Waals surface area contributed by atoms with Gasteiger partial charge in [0.15, 0.2) is 0 Å². The molecule has 0 unspecified atom stereocenters. The standard InChI is InChI=1S/C14H15N3O/c18-14(11-5-6-11)16-9-12-3-1-2-4-13(12)17-8-7-15-10-17/h1-4,7-8,10-11H,5-6,9H2,(H,16,18). The van der Waals surface area contributed by atoms with Crippen LogP contribution in [0.1, 0.15) is 18.4 Å². The van der Waals surface area contributed by atoms with Crippen molar-refractivity contribution in [3.05, 3.63) is 48.5 Å². The molecule has 1 saturated carbocycles. The van der Waals surface area contributed by atoms with Crippen LogP contribution in [0.15, 0.2) is 43.0 Å². The SMILES string of the molecule is O=C(NCc1ccccc1-n1ccnc1)C1CC1. The lowest BCUT2D eigenvalue weighted by atomic mass is 10.1. The third-order valence-electron chi connectivity index (χ3n) is 3.18. The number of hydrogen-bond acceptors (Lipinski definition) is 2. The summed E-state index contributed by atoms with van der Waals surface area (Å²) in [7, 11) is 0. The van der Waals surface area contributed by atoms with Crippen molar-refractivity contribution in [1.29, 1.82) is 0 Å². The van der Waals surface area contributed by atoms with E-state index in [0.717, 1.165) is 24.1 Å². The molecule has 1 amide bonds. The van der Waals surface area contributed by atoms with Crippen LogP contribution in [0, 0.1) is 5.92 Å². The van der Waals surface area contributed by atoms with Gasteiger partial charge in [0.05, 0.1) is 12.0 Å². The van der Waals surface area contributed by atoms with Crippen LogP contribution in [-0.2, 0) is 11.3 Å². The average Bonchev–Trinajstić information content (AvgIpc) is 3.12. The second kappa shape index (κ2) is 4.64. The molecule has 1 aromatic carbocycles. The highest BCUT2D eigenvalue weighted by molar-refractivity contribution is 5.80. The van der Waals surface area contributed by atoms with Crippen molar-refractivity contribution in [2.45, 2.75) is 19.4 Å². The van der Waals surface area contributed by atoms with Crippen molar-refractivity contribution < 1.29 is 4.79 Å². The third-order valence-corrected chi connectivity index (χ3v) is 3.18. The summed E-state index contributed by atoms with van der Waals surface area (Å²) in [5.41, 5.74) is 2.16. The Kier molecular flexibility index (Phi) is 2.84. The van der Waals surface area contributed by atoms with Gasteiger partial charge in [0.2, 0.25) is 5.91 Å². The molecule has 1 heterocycles. The van der Waals surface area contributed by atoms with Crippen molar-refractivity contribution in [1.82, 2.24) is 14.9 Å². The van der Waals surface area contributed by atoms with E-state index in [1.807, 2.05) is 35.0 Å². The lowest BCUT2D eigenvalue weighted by Gasteiger charge is -2.10. The normalized spacial score (nSPS) is 14.4. The molecule has 3 rings (SSSR count). The summed E-state index contributed by atoms with van der Waals surface area (Å²) in [6.07, 6.45) is 7.49. The Morgan fingerprint density at radius 2 is 2.22 bits per heavy atom. The van der Waals surface area contributed by atoms with E-state index in [1.54, 1.807) is 12.5 Å². The van der Waals surface area contributed by atoms with Gasteiger partial charge >= 0.3 is 0 Å². The fraction of sp³-hybridized carbons (Fsp3) is 0.286. The molecule has 0 bridgehead atoms. The van der Waals surface area contributed by atoms with Crippen molar-refractivity contribution in [2.24, 2.45) is 5.92 Å². The minimum absolute atomic E-state index is 0.176. The van der Waals surface area contributed by atoms with E-state index < -0.39 is 0 Å². The number of rotatable bonds is 4. The third kappa shape index (κ3) is 2.27. The molecule has 2 aromatic rings. The Morgan fingerprint density at radius 3 is 2.94 bits per heavy atom. The van der Waals surface area contributed by atoms with Gasteiger partial charge in [-0.1, -0.05) is 18.2 Å². The number of imidazole rings is 1. The van der Waals surface area contributed by atoms with Crippen LogP contribution >= 0.6 is 0 Å². The van der Waals surface area contributed by atoms with Gasteiger partial charge in [0, 0.05) is 24.9 Å². The Hall–Kier alpha value is -2.10. The summed E-state index contributed by atoms with van der Waals surface area (Å²) < 4.78 is 1.96. The Bertz CT molecular complexity index is 544. The molecule has 0 aliphatic heterocycles. The number of benzene rings is 1. The summed E-state index contributed by atoms with van der Waals surface area (Å²) >= 11 is 0. The van der Waals surface area contributed by atoms with Crippen LogP contribution in [0.4, 0.5) is 0 Å². The zero-order valence-corrected chi connectivity index (χ0v) is 10.0. The summed E-state index contributed by atoms with van der Waals surface area (Å²) in [6.45, 7) is 0.573. The van der Waals surface area contributed by atoms with Gasteiger partial charge in [0.25, 0.3) is 0 Å². The van der Waals surface area contributed by atoms with Crippen molar-refractivity contribution in [3.63, 3.8) is 0 Å². The first-order valence-electron chi connectivity index (χ1n) is 6.18. The van der Waals surface area contributed by atoms with E-state index >= 15 is 0 Å². The Balaban J connectivity index is 1.76. The highest BCUT2D eigenvalue weighted by atomic mass is 16.2. The molecule has 4 heteroatoms. The first kappa shape index (κ1) is 11.0. The molecular formula is C14H15N3O. The zero-order valence-electron chi connectivity index (χ0n) is 10.0. The van der Waals surface area contributed by atoms with Crippen LogP contribution < -0.4 is 5.32 Å². The van der Waals surface area contributed by atoms with E-state index in [9.17, 15) is 4.79 Å². The molecule has 1 aliphatic rings. The molecular weight excluding hydrogens is 226 g/mol. The van der Waals surface area contributed by atoms with Gasteiger partial charge in [-0.25, -0.2) is 4.98 Å². The first-order chi connectivity index (χ1) is 8.84. The van der Waals surface area contributed by atoms with E-state index in [2.05, 4.69) is 10.3 Å². The van der Waals surface area contributed by atoms with Crippen molar-refractivity contribution in [2.75, 3.05) is 0 Å². The zero-order chi connectivity index (χ0) is 12.4. The van der Waals surface area contributed by atoms with Crippen LogP contribution in [0.5, 0.6) is 0 Å². The van der Waals surface area contributed by atoms with E-state index in [0.29, 0.717) is 6.54 Å². The number of aromatic nitrogens is 2. The Morgan fingerprint density at radius 1 is 1.39 bits per heavy atom. The molecule has 1 aliphatic carbocycles. The minimum Gasteiger partial charge on any atom is -0.352 e. The number of para-hydroxylation sites is 1. The number of hydrogen-bond donors (Lipinski definition) is 1. The van der Waals surface area contributed by atoms with Gasteiger partial charge in [-0.3, -0.25) is 4.79 Å². The molecule has 1 fully saturated rings. The fourth-order valence-electron chi connectivity index (χ4n) is 1.99. The summed E-state index contributed by atoms with van der Waals surface area (Å²) in [6, 6.07) is 8.03. The maximum atomic E-state index is 11.6. The second-order valence-electron chi connectivity index (χ2n) is 4.59. The molecule has 0 spiro atoms. The molecule has 4 nitrogen and oxygen atoms in total. The number of amides is 1. The predicted molar refractivity (Wildman–Crippen MR) is 68.1 cm³/mol. The van der Waals surface area contributed by atoms with Crippen LogP contribution in [0.3, 0.4) is 0 Å². The van der Waals surface area contributed by atoms with Gasteiger partial charge in [-0.2, -0.15) is 0 Å². The molecule has 1 N–H and O–H groups in total. The predicted octanol–water partition coefficient (Wildman–Crippen LogP) is 1.90. The molecule has 92 valence electrons. The van der Waals surface area contributed by atoms with Gasteiger partial charge in [-0.05, 0) is 24.5 Å². The van der Waals surface area contributed by atoms with Crippen LogP contribution in [0.25, 0.3) is 5.69 Å². The van der Waals surface area contributed by atoms with E-state index in [1.165, 1.54) is 0 Å². The number of nitrogens with one attached hydrogen (secondary N) is 1. The van der Waals surface area contributed by atoms with Crippen molar-refractivity contribution >= 4 is 5.91 Å². The smallest absolute Gasteiger partial charge is 0.223 e. The van der Waals surface area contributed by atoms with Gasteiger partial charge < -0.3 is 9.88 Å². The molecule has 0 atom stereocenters. The Labute approximate surface area is 106 Å². The first-order valence-corrected chi connectivity index (χ1v) is 6.18. The summed E-state index contributed by atoms with van der Waals surface area (Å²) in [5, 5.41) is 2.99. The average molecular weight is 241 g/mol. The lowest BCUT2D eigenvalue weighted by Crippen LogP contribution is -2.24. The second-order valence-corrected chi connectivity index (χ2v) is 4.59. The number of carbonyl (C=O) groups is 1. The molecule has 1 aromatic heterocycles. The highest BCUT2D eigenvalue weighted by Gasteiger charge is 2.29. The topological polar surface area (TPSA) is 46.9 Å². The quantitative estimate of drug-likeness (QED) is 0.888. The monoisotopic (exact) mass is 241 g/mol. The number of nitrogens with zero attached hydrogens (tertiary/aromatic N) is 2. The highest BCUT2D eigenvalue weighted by Crippen LogP contribution is 2.28.